The first-order valence-electron chi connectivity index (χ1n) is 4.57. The van der Waals surface area contributed by atoms with Crippen LogP contribution in [0.3, 0.4) is 0 Å². The van der Waals surface area contributed by atoms with E-state index in [2.05, 4.69) is 19.7 Å². The highest BCUT2D eigenvalue weighted by Gasteiger charge is 1.89. The van der Waals surface area contributed by atoms with Crippen LogP contribution in [-0.2, 0) is 0 Å². The Hall–Kier alpha value is -1.56. The molecule has 0 unspecified atom stereocenters. The van der Waals surface area contributed by atoms with Gasteiger partial charge in [-0.1, -0.05) is 55.1 Å². The fourth-order valence-electron chi connectivity index (χ4n) is 0.883. The highest BCUT2D eigenvalue weighted by atomic mass is 13.9. The first-order chi connectivity index (χ1) is 6.61. The van der Waals surface area contributed by atoms with Gasteiger partial charge in [0, 0.05) is 0 Å². The summed E-state index contributed by atoms with van der Waals surface area (Å²) in [5.74, 6) is 0. The second-order valence-corrected chi connectivity index (χ2v) is 3.24. The Bertz CT molecular complexity index is 288. The fourth-order valence-corrected chi connectivity index (χ4v) is 0.883. The number of allylic oxidation sites excluding steroid dienone is 1. The summed E-state index contributed by atoms with van der Waals surface area (Å²) in [5, 5.41) is 0. The molecule has 0 radical (unpaired) electrons. The molecule has 0 bridgehead atoms. The average molecular weight is 186 g/mol. The molecule has 0 amide bonds. The van der Waals surface area contributed by atoms with Gasteiger partial charge in [-0.2, -0.15) is 0 Å². The highest BCUT2D eigenvalue weighted by molar-refractivity contribution is 5.63. The zero-order chi connectivity index (χ0) is 11.0. The van der Waals surface area contributed by atoms with Gasteiger partial charge in [0.05, 0.1) is 0 Å². The number of hydrogen-bond donors (Lipinski definition) is 0. The zero-order valence-corrected chi connectivity index (χ0v) is 9.09. The zero-order valence-electron chi connectivity index (χ0n) is 9.09. The molecule has 0 spiro atoms. The first-order valence-corrected chi connectivity index (χ1v) is 4.57. The van der Waals surface area contributed by atoms with Crippen LogP contribution >= 0.6 is 0 Å². The topological polar surface area (TPSA) is 0 Å². The summed E-state index contributed by atoms with van der Waals surface area (Å²) in [6.45, 7) is 14.9. The SMILES string of the molecule is C=C(C)C.C=Cc1ccccc1C=C. The van der Waals surface area contributed by atoms with Crippen LogP contribution in [0.1, 0.15) is 25.0 Å². The van der Waals surface area contributed by atoms with E-state index in [4.69, 9.17) is 0 Å². The standard InChI is InChI=1S/C10H10.C4H8/c1-3-9-7-5-6-8-10(9)4-2;1-4(2)3/h3-8H,1-2H2;1H2,2-3H3. The van der Waals surface area contributed by atoms with E-state index in [1.165, 1.54) is 5.57 Å². The minimum Gasteiger partial charge on any atom is -0.100 e. The van der Waals surface area contributed by atoms with Crippen molar-refractivity contribution >= 4 is 12.2 Å². The monoisotopic (exact) mass is 186 g/mol. The molecule has 0 saturated heterocycles. The Morgan fingerprint density at radius 3 is 1.50 bits per heavy atom. The molecule has 14 heavy (non-hydrogen) atoms. The van der Waals surface area contributed by atoms with Crippen LogP contribution in [0.5, 0.6) is 0 Å². The molecule has 0 heterocycles. The Balaban J connectivity index is 0.000000364. The van der Waals surface area contributed by atoms with Crippen molar-refractivity contribution < 1.29 is 0 Å². The third kappa shape index (κ3) is 5.15. The summed E-state index contributed by atoms with van der Waals surface area (Å²) in [4.78, 5) is 0. The highest BCUT2D eigenvalue weighted by Crippen LogP contribution is 2.10. The van der Waals surface area contributed by atoms with Crippen LogP contribution in [0, 0.1) is 0 Å². The molecule has 1 aromatic carbocycles. The summed E-state index contributed by atoms with van der Waals surface area (Å²) in [7, 11) is 0. The van der Waals surface area contributed by atoms with Gasteiger partial charge in [0.15, 0.2) is 0 Å². The van der Waals surface area contributed by atoms with E-state index in [1.54, 1.807) is 0 Å². The lowest BCUT2D eigenvalue weighted by Gasteiger charge is -1.96. The average Bonchev–Trinajstić information content (AvgIpc) is 2.17. The van der Waals surface area contributed by atoms with Gasteiger partial charge in [-0.25, -0.2) is 0 Å². The number of benzene rings is 1. The quantitative estimate of drug-likeness (QED) is 0.594. The predicted octanol–water partition coefficient (Wildman–Crippen LogP) is 4.56. The van der Waals surface area contributed by atoms with E-state index in [9.17, 15) is 0 Å². The van der Waals surface area contributed by atoms with E-state index >= 15 is 0 Å². The molecule has 0 aliphatic carbocycles. The summed E-state index contributed by atoms with van der Waals surface area (Å²) < 4.78 is 0. The van der Waals surface area contributed by atoms with Gasteiger partial charge in [0.25, 0.3) is 0 Å². The molecule has 0 N–H and O–H groups in total. The van der Waals surface area contributed by atoms with Crippen LogP contribution in [0.4, 0.5) is 0 Å². The largest absolute Gasteiger partial charge is 0.100 e. The second-order valence-electron chi connectivity index (χ2n) is 3.24. The Morgan fingerprint density at radius 2 is 1.29 bits per heavy atom. The van der Waals surface area contributed by atoms with Crippen molar-refractivity contribution in [2.75, 3.05) is 0 Å². The van der Waals surface area contributed by atoms with Crippen molar-refractivity contribution in [1.82, 2.24) is 0 Å². The Kier molecular flexibility index (Phi) is 6.13. The number of rotatable bonds is 2. The van der Waals surface area contributed by atoms with Crippen molar-refractivity contribution in [3.63, 3.8) is 0 Å². The molecular formula is C14H18. The maximum atomic E-state index is 3.69. The van der Waals surface area contributed by atoms with Gasteiger partial charge in [0.1, 0.15) is 0 Å². The molecule has 0 aliphatic rings. The minimum atomic E-state index is 1.14. The van der Waals surface area contributed by atoms with Gasteiger partial charge >= 0.3 is 0 Å². The van der Waals surface area contributed by atoms with Gasteiger partial charge in [-0.05, 0) is 25.0 Å². The third-order valence-electron chi connectivity index (χ3n) is 1.44. The summed E-state index contributed by atoms with van der Waals surface area (Å²) >= 11 is 0. The van der Waals surface area contributed by atoms with E-state index < -0.39 is 0 Å². The molecule has 74 valence electrons. The van der Waals surface area contributed by atoms with Crippen molar-refractivity contribution in [1.29, 1.82) is 0 Å². The van der Waals surface area contributed by atoms with Crippen molar-refractivity contribution in [3.05, 3.63) is 60.7 Å². The van der Waals surface area contributed by atoms with Crippen molar-refractivity contribution in [3.8, 4) is 0 Å². The molecule has 0 aliphatic heterocycles. The lowest BCUT2D eigenvalue weighted by Crippen LogP contribution is -1.76. The smallest absolute Gasteiger partial charge is 0.0190 e. The number of hydrogen-bond acceptors (Lipinski definition) is 0. The minimum absolute atomic E-state index is 1.14. The van der Waals surface area contributed by atoms with Crippen LogP contribution in [0.25, 0.3) is 12.2 Å². The maximum Gasteiger partial charge on any atom is -0.0190 e. The normalized spacial score (nSPS) is 8.14. The van der Waals surface area contributed by atoms with Crippen LogP contribution in [0.2, 0.25) is 0 Å². The Morgan fingerprint density at radius 1 is 1.00 bits per heavy atom. The summed E-state index contributed by atoms with van der Waals surface area (Å²) in [6.07, 6.45) is 3.66. The van der Waals surface area contributed by atoms with E-state index in [0.29, 0.717) is 0 Å². The summed E-state index contributed by atoms with van der Waals surface area (Å²) in [6, 6.07) is 8.02. The van der Waals surface area contributed by atoms with Crippen LogP contribution < -0.4 is 0 Å². The van der Waals surface area contributed by atoms with Gasteiger partial charge in [0.2, 0.25) is 0 Å². The molecule has 0 saturated carbocycles. The predicted molar refractivity (Wildman–Crippen MR) is 67.1 cm³/mol. The molecule has 0 nitrogen and oxygen atoms in total. The fraction of sp³-hybridized carbons (Fsp3) is 0.143. The van der Waals surface area contributed by atoms with Crippen molar-refractivity contribution in [2.45, 2.75) is 13.8 Å². The first kappa shape index (κ1) is 12.4. The second kappa shape index (κ2) is 6.90. The van der Waals surface area contributed by atoms with Gasteiger partial charge < -0.3 is 0 Å². The molecule has 0 heteroatoms. The van der Waals surface area contributed by atoms with Gasteiger partial charge in [-0.15, -0.1) is 6.58 Å². The molecule has 0 fully saturated rings. The molecule has 1 rings (SSSR count). The Labute approximate surface area is 87.3 Å². The van der Waals surface area contributed by atoms with E-state index in [1.807, 2.05) is 50.3 Å². The van der Waals surface area contributed by atoms with Crippen molar-refractivity contribution in [2.24, 2.45) is 0 Å². The molecule has 0 atom stereocenters. The summed E-state index contributed by atoms with van der Waals surface area (Å²) in [5.41, 5.74) is 3.44. The lowest BCUT2D eigenvalue weighted by molar-refractivity contribution is 1.42. The molecular weight excluding hydrogens is 168 g/mol. The van der Waals surface area contributed by atoms with E-state index in [-0.39, 0.29) is 0 Å². The third-order valence-corrected chi connectivity index (χ3v) is 1.44. The van der Waals surface area contributed by atoms with E-state index in [0.717, 1.165) is 11.1 Å². The molecule has 0 aromatic heterocycles. The van der Waals surface area contributed by atoms with Crippen LogP contribution in [0.15, 0.2) is 49.6 Å². The van der Waals surface area contributed by atoms with Crippen LogP contribution in [-0.4, -0.2) is 0 Å². The molecule has 1 aromatic rings. The lowest BCUT2D eigenvalue weighted by atomic mass is 10.1. The van der Waals surface area contributed by atoms with Gasteiger partial charge in [-0.3, -0.25) is 0 Å². The maximum absolute atomic E-state index is 3.69.